The van der Waals surface area contributed by atoms with Crippen LogP contribution in [-0.4, -0.2) is 37.6 Å². The molecule has 1 fully saturated rings. The normalized spacial score (nSPS) is 17.3. The molecule has 94 valence electrons. The highest BCUT2D eigenvalue weighted by Crippen LogP contribution is 2.15. The Kier molecular flexibility index (Phi) is 7.68. The summed E-state index contributed by atoms with van der Waals surface area (Å²) in [4.78, 5) is 11.6. The monoisotopic (exact) mass is 244 g/mol. The van der Waals surface area contributed by atoms with Crippen LogP contribution in [0.3, 0.4) is 0 Å². The van der Waals surface area contributed by atoms with E-state index in [0.717, 1.165) is 45.3 Å². The van der Waals surface area contributed by atoms with Crippen molar-refractivity contribution in [1.82, 2.24) is 10.6 Å². The van der Waals surface area contributed by atoms with Crippen molar-refractivity contribution in [1.29, 1.82) is 0 Å². The number of nitrogens with one attached hydrogen (secondary N) is 2. The predicted molar refractivity (Wildman–Crippen MR) is 70.8 cm³/mol. The number of rotatable bonds is 7. The fraction of sp³-hybridized carbons (Fsp3) is 0.917. The van der Waals surface area contributed by atoms with Gasteiger partial charge in [0.25, 0.3) is 0 Å². The average molecular weight is 244 g/mol. The van der Waals surface area contributed by atoms with Crippen LogP contribution in [0.1, 0.15) is 32.1 Å². The van der Waals surface area contributed by atoms with Gasteiger partial charge in [0.2, 0.25) is 5.91 Å². The standard InChI is InChI=1S/C12H24N2OS/c1-16-9-3-2-6-14-12(15)10-11-4-7-13-8-5-11/h11,13H,2-10H2,1H3,(H,14,15). The first-order valence-electron chi connectivity index (χ1n) is 6.29. The number of hydrogen-bond donors (Lipinski definition) is 2. The molecule has 2 N–H and O–H groups in total. The second kappa shape index (κ2) is 8.88. The molecule has 1 aliphatic rings. The molecular formula is C12H24N2OS. The van der Waals surface area contributed by atoms with Gasteiger partial charge in [-0.15, -0.1) is 0 Å². The van der Waals surface area contributed by atoms with Crippen LogP contribution >= 0.6 is 11.8 Å². The second-order valence-electron chi connectivity index (χ2n) is 4.45. The third kappa shape index (κ3) is 6.38. The molecule has 0 aromatic carbocycles. The molecule has 0 aromatic heterocycles. The average Bonchev–Trinajstić information content (AvgIpc) is 2.30. The number of thioether (sulfide) groups is 1. The first-order valence-corrected chi connectivity index (χ1v) is 7.68. The molecule has 3 nitrogen and oxygen atoms in total. The third-order valence-electron chi connectivity index (χ3n) is 3.03. The van der Waals surface area contributed by atoms with Crippen molar-refractivity contribution in [3.8, 4) is 0 Å². The van der Waals surface area contributed by atoms with E-state index >= 15 is 0 Å². The molecule has 0 saturated carbocycles. The molecule has 1 saturated heterocycles. The van der Waals surface area contributed by atoms with Crippen LogP contribution in [0.15, 0.2) is 0 Å². The lowest BCUT2D eigenvalue weighted by molar-refractivity contribution is -0.122. The minimum Gasteiger partial charge on any atom is -0.356 e. The number of unbranched alkanes of at least 4 members (excludes halogenated alkanes) is 1. The van der Waals surface area contributed by atoms with Gasteiger partial charge < -0.3 is 10.6 Å². The Balaban J connectivity index is 1.97. The lowest BCUT2D eigenvalue weighted by atomic mass is 9.94. The Morgan fingerprint density at radius 2 is 2.12 bits per heavy atom. The minimum atomic E-state index is 0.246. The maximum Gasteiger partial charge on any atom is 0.220 e. The first-order chi connectivity index (χ1) is 7.83. The van der Waals surface area contributed by atoms with Gasteiger partial charge in [-0.25, -0.2) is 0 Å². The molecule has 0 radical (unpaired) electrons. The second-order valence-corrected chi connectivity index (χ2v) is 5.43. The fourth-order valence-corrected chi connectivity index (χ4v) is 2.51. The smallest absolute Gasteiger partial charge is 0.220 e. The van der Waals surface area contributed by atoms with Crippen molar-refractivity contribution < 1.29 is 4.79 Å². The highest BCUT2D eigenvalue weighted by molar-refractivity contribution is 7.98. The maximum atomic E-state index is 11.6. The van der Waals surface area contributed by atoms with E-state index < -0.39 is 0 Å². The molecule has 1 aliphatic heterocycles. The first kappa shape index (κ1) is 13.8. The van der Waals surface area contributed by atoms with Crippen LogP contribution in [0, 0.1) is 5.92 Å². The SMILES string of the molecule is CSCCCCNC(=O)CC1CCNCC1. The van der Waals surface area contributed by atoms with E-state index in [0.29, 0.717) is 5.92 Å². The third-order valence-corrected chi connectivity index (χ3v) is 3.73. The van der Waals surface area contributed by atoms with Crippen molar-refractivity contribution in [2.24, 2.45) is 5.92 Å². The lowest BCUT2D eigenvalue weighted by Gasteiger charge is -2.21. The highest BCUT2D eigenvalue weighted by Gasteiger charge is 2.16. The summed E-state index contributed by atoms with van der Waals surface area (Å²) in [5.41, 5.74) is 0. The lowest BCUT2D eigenvalue weighted by Crippen LogP contribution is -2.32. The van der Waals surface area contributed by atoms with Crippen molar-refractivity contribution in [2.45, 2.75) is 32.1 Å². The largest absolute Gasteiger partial charge is 0.356 e. The maximum absolute atomic E-state index is 11.6. The molecule has 0 atom stereocenters. The van der Waals surface area contributed by atoms with Crippen LogP contribution in [0.25, 0.3) is 0 Å². The van der Waals surface area contributed by atoms with E-state index in [1.54, 1.807) is 0 Å². The Bertz CT molecular complexity index is 193. The van der Waals surface area contributed by atoms with Crippen molar-refractivity contribution in [3.63, 3.8) is 0 Å². The van der Waals surface area contributed by atoms with Gasteiger partial charge in [-0.3, -0.25) is 4.79 Å². The number of amides is 1. The Morgan fingerprint density at radius 3 is 2.81 bits per heavy atom. The molecule has 16 heavy (non-hydrogen) atoms. The zero-order chi connectivity index (χ0) is 11.6. The van der Waals surface area contributed by atoms with Crippen molar-refractivity contribution in [2.75, 3.05) is 31.6 Å². The minimum absolute atomic E-state index is 0.246. The summed E-state index contributed by atoms with van der Waals surface area (Å²) >= 11 is 1.87. The van der Waals surface area contributed by atoms with Crippen LogP contribution in [0.5, 0.6) is 0 Å². The Morgan fingerprint density at radius 1 is 1.38 bits per heavy atom. The van der Waals surface area contributed by atoms with Gasteiger partial charge in [0.15, 0.2) is 0 Å². The number of hydrogen-bond acceptors (Lipinski definition) is 3. The summed E-state index contributed by atoms with van der Waals surface area (Å²) in [5, 5.41) is 6.34. The number of piperidine rings is 1. The molecular weight excluding hydrogens is 220 g/mol. The Hall–Kier alpha value is -0.220. The van der Waals surface area contributed by atoms with E-state index in [9.17, 15) is 4.79 Å². The van der Waals surface area contributed by atoms with E-state index in [-0.39, 0.29) is 5.91 Å². The molecule has 0 bridgehead atoms. The van der Waals surface area contributed by atoms with Gasteiger partial charge in [0.1, 0.15) is 0 Å². The zero-order valence-corrected chi connectivity index (χ0v) is 11.1. The van der Waals surface area contributed by atoms with Crippen LogP contribution in [0.4, 0.5) is 0 Å². The van der Waals surface area contributed by atoms with E-state index in [4.69, 9.17) is 0 Å². The van der Waals surface area contributed by atoms with Gasteiger partial charge in [-0.1, -0.05) is 0 Å². The molecule has 1 rings (SSSR count). The number of carbonyl (C=O) groups is 1. The van der Waals surface area contributed by atoms with Gasteiger partial charge in [0, 0.05) is 13.0 Å². The molecule has 0 aliphatic carbocycles. The van der Waals surface area contributed by atoms with Crippen molar-refractivity contribution >= 4 is 17.7 Å². The summed E-state index contributed by atoms with van der Waals surface area (Å²) in [5.74, 6) is 2.05. The molecule has 4 heteroatoms. The quantitative estimate of drug-likeness (QED) is 0.669. The van der Waals surface area contributed by atoms with E-state index in [2.05, 4.69) is 16.9 Å². The summed E-state index contributed by atoms with van der Waals surface area (Å²) < 4.78 is 0. The molecule has 1 heterocycles. The summed E-state index contributed by atoms with van der Waals surface area (Å²) in [7, 11) is 0. The molecule has 0 spiro atoms. The molecule has 1 amide bonds. The highest BCUT2D eigenvalue weighted by atomic mass is 32.2. The number of carbonyl (C=O) groups excluding carboxylic acids is 1. The van der Waals surface area contributed by atoms with E-state index in [1.807, 2.05) is 11.8 Å². The van der Waals surface area contributed by atoms with Crippen LogP contribution in [-0.2, 0) is 4.79 Å². The van der Waals surface area contributed by atoms with Gasteiger partial charge >= 0.3 is 0 Å². The summed E-state index contributed by atoms with van der Waals surface area (Å²) in [6.45, 7) is 3.00. The van der Waals surface area contributed by atoms with Gasteiger partial charge in [-0.2, -0.15) is 11.8 Å². The van der Waals surface area contributed by atoms with Gasteiger partial charge in [0.05, 0.1) is 0 Å². The van der Waals surface area contributed by atoms with Crippen LogP contribution < -0.4 is 10.6 Å². The molecule has 0 aromatic rings. The van der Waals surface area contributed by atoms with Crippen molar-refractivity contribution in [3.05, 3.63) is 0 Å². The topological polar surface area (TPSA) is 41.1 Å². The van der Waals surface area contributed by atoms with Crippen LogP contribution in [0.2, 0.25) is 0 Å². The molecule has 0 unspecified atom stereocenters. The summed E-state index contributed by atoms with van der Waals surface area (Å²) in [6, 6.07) is 0. The fourth-order valence-electron chi connectivity index (χ4n) is 2.02. The zero-order valence-electron chi connectivity index (χ0n) is 10.3. The predicted octanol–water partition coefficient (Wildman–Crippen LogP) is 1.64. The Labute approximate surface area is 103 Å². The van der Waals surface area contributed by atoms with Gasteiger partial charge in [-0.05, 0) is 56.7 Å². The summed E-state index contributed by atoms with van der Waals surface area (Å²) in [6.07, 6.45) is 7.47. The van der Waals surface area contributed by atoms with E-state index in [1.165, 1.54) is 12.2 Å².